The summed E-state index contributed by atoms with van der Waals surface area (Å²) >= 11 is 0. The van der Waals surface area contributed by atoms with E-state index in [1.165, 1.54) is 33.0 Å². The molecule has 11 rings (SSSR count). The van der Waals surface area contributed by atoms with E-state index in [0.717, 1.165) is 71.7 Å². The van der Waals surface area contributed by atoms with Crippen LogP contribution >= 0.6 is 0 Å². The molecule has 0 saturated heterocycles. The largest absolute Gasteiger partial charge is 0.256 e. The van der Waals surface area contributed by atoms with Gasteiger partial charge in [0.1, 0.15) is 0 Å². The van der Waals surface area contributed by atoms with Crippen LogP contribution in [0.1, 0.15) is 28.2 Å². The van der Waals surface area contributed by atoms with Crippen molar-refractivity contribution in [2.24, 2.45) is 0 Å². The van der Waals surface area contributed by atoms with Crippen molar-refractivity contribution >= 4 is 43.4 Å². The molecule has 0 fully saturated rings. The molecule has 3 heteroatoms. The predicted molar refractivity (Wildman–Crippen MR) is 226 cm³/mol. The minimum atomic E-state index is 0.143. The van der Waals surface area contributed by atoms with Gasteiger partial charge in [0, 0.05) is 44.6 Å². The first kappa shape index (κ1) is 31.1. The zero-order chi connectivity index (χ0) is 36.5. The van der Waals surface area contributed by atoms with Gasteiger partial charge in [-0.2, -0.15) is 5.26 Å². The smallest absolute Gasteiger partial charge is 0.0991 e. The number of rotatable bonds is 4. The molecule has 0 bridgehead atoms. The molecule has 1 unspecified atom stereocenters. The molecule has 0 spiro atoms. The highest BCUT2D eigenvalue weighted by Gasteiger charge is 2.30. The Kier molecular flexibility index (Phi) is 6.99. The van der Waals surface area contributed by atoms with Crippen molar-refractivity contribution in [3.8, 4) is 50.7 Å². The lowest BCUT2D eigenvalue weighted by Gasteiger charge is -2.15. The van der Waals surface area contributed by atoms with Crippen LogP contribution in [0, 0.1) is 11.3 Å². The standard InChI is InChI=1S/C52H31N3/c53-31-32-13-23-41-45(28-32)46-29-39(21-24-42(46)48(41)35-8-3-1-4-9-35)33-14-16-34(17-15-33)40-22-25-43-47(30-40)55-51(37-10-5-2-6-11-37)44-26-20-36-18-19-38-12-7-27-54-52(38)49(36)50(43)44/h1-30,48H. The summed E-state index contributed by atoms with van der Waals surface area (Å²) < 4.78 is 0. The van der Waals surface area contributed by atoms with Crippen LogP contribution in [0.5, 0.6) is 0 Å². The highest BCUT2D eigenvalue weighted by molar-refractivity contribution is 6.28. The Morgan fingerprint density at radius 3 is 1.89 bits per heavy atom. The Balaban J connectivity index is 1.03. The van der Waals surface area contributed by atoms with Gasteiger partial charge < -0.3 is 0 Å². The second kappa shape index (κ2) is 12.3. The number of hydrogen-bond acceptors (Lipinski definition) is 3. The van der Waals surface area contributed by atoms with Gasteiger partial charge in [-0.1, -0.05) is 146 Å². The highest BCUT2D eigenvalue weighted by atomic mass is 14.7. The van der Waals surface area contributed by atoms with Gasteiger partial charge in [0.15, 0.2) is 0 Å². The van der Waals surface area contributed by atoms with Gasteiger partial charge in [0.25, 0.3) is 0 Å². The van der Waals surface area contributed by atoms with E-state index in [1.54, 1.807) is 0 Å². The SMILES string of the molecule is N#Cc1ccc2c(c1)-c1cc(-c3ccc(-c4ccc5c(c4)nc(-c4ccccc4)c4ccc6ccc7cccnc7c6c45)cc3)ccc1C2c1ccccc1. The van der Waals surface area contributed by atoms with Crippen molar-refractivity contribution in [2.75, 3.05) is 0 Å². The van der Waals surface area contributed by atoms with E-state index in [2.05, 4.69) is 164 Å². The first-order chi connectivity index (χ1) is 27.2. The molecule has 1 atom stereocenters. The maximum atomic E-state index is 9.75. The molecule has 0 N–H and O–H groups in total. The fourth-order valence-electron chi connectivity index (χ4n) is 8.80. The van der Waals surface area contributed by atoms with E-state index in [4.69, 9.17) is 9.97 Å². The van der Waals surface area contributed by atoms with E-state index < -0.39 is 0 Å². The monoisotopic (exact) mass is 697 g/mol. The number of fused-ring (bicyclic) bond motifs is 10. The van der Waals surface area contributed by atoms with E-state index >= 15 is 0 Å². The van der Waals surface area contributed by atoms with Gasteiger partial charge in [-0.05, 0) is 85.8 Å². The van der Waals surface area contributed by atoms with E-state index in [-0.39, 0.29) is 5.92 Å². The summed E-state index contributed by atoms with van der Waals surface area (Å²) in [5, 5.41) is 16.6. The topological polar surface area (TPSA) is 49.6 Å². The minimum absolute atomic E-state index is 0.143. The van der Waals surface area contributed by atoms with Gasteiger partial charge in [0.05, 0.1) is 28.4 Å². The molecule has 10 aromatic rings. The molecule has 2 heterocycles. The van der Waals surface area contributed by atoms with Crippen LogP contribution in [0.25, 0.3) is 88.0 Å². The highest BCUT2D eigenvalue weighted by Crippen LogP contribution is 2.49. The second-order valence-corrected chi connectivity index (χ2v) is 14.4. The van der Waals surface area contributed by atoms with Gasteiger partial charge in [0.2, 0.25) is 0 Å². The minimum Gasteiger partial charge on any atom is -0.256 e. The first-order valence-corrected chi connectivity index (χ1v) is 18.7. The Bertz CT molecular complexity index is 3200. The Morgan fingerprint density at radius 1 is 0.473 bits per heavy atom. The quantitative estimate of drug-likeness (QED) is 0.172. The van der Waals surface area contributed by atoms with E-state index in [0.29, 0.717) is 5.56 Å². The summed E-state index contributed by atoms with van der Waals surface area (Å²) in [5.41, 5.74) is 15.4. The van der Waals surface area contributed by atoms with E-state index in [1.807, 2.05) is 24.4 Å². The fourth-order valence-corrected chi connectivity index (χ4v) is 8.80. The number of nitrogens with zero attached hydrogens (tertiary/aromatic N) is 3. The van der Waals surface area contributed by atoms with Gasteiger partial charge in [-0.15, -0.1) is 0 Å². The summed E-state index contributed by atoms with van der Waals surface area (Å²) in [7, 11) is 0. The molecule has 254 valence electrons. The number of aromatic nitrogens is 2. The molecule has 1 aliphatic carbocycles. The van der Waals surface area contributed by atoms with E-state index in [9.17, 15) is 5.26 Å². The molecule has 1 aliphatic rings. The Hall–Kier alpha value is -7.41. The average Bonchev–Trinajstić information content (AvgIpc) is 3.59. The molecule has 0 saturated carbocycles. The summed E-state index contributed by atoms with van der Waals surface area (Å²) in [6.07, 6.45) is 1.89. The van der Waals surface area contributed by atoms with Crippen LogP contribution in [-0.2, 0) is 0 Å². The number of hydrogen-bond donors (Lipinski definition) is 0. The zero-order valence-corrected chi connectivity index (χ0v) is 29.7. The van der Waals surface area contributed by atoms with Crippen molar-refractivity contribution < 1.29 is 0 Å². The van der Waals surface area contributed by atoms with Crippen molar-refractivity contribution in [1.82, 2.24) is 9.97 Å². The van der Waals surface area contributed by atoms with Crippen LogP contribution in [-0.4, -0.2) is 9.97 Å². The maximum absolute atomic E-state index is 9.75. The zero-order valence-electron chi connectivity index (χ0n) is 29.7. The Morgan fingerprint density at radius 2 is 1.11 bits per heavy atom. The van der Waals surface area contributed by atoms with Crippen LogP contribution in [0.4, 0.5) is 0 Å². The summed E-state index contributed by atoms with van der Waals surface area (Å²) in [6, 6.07) is 64.9. The lowest BCUT2D eigenvalue weighted by atomic mass is 9.88. The van der Waals surface area contributed by atoms with Gasteiger partial charge >= 0.3 is 0 Å². The summed E-state index contributed by atoms with van der Waals surface area (Å²) in [6.45, 7) is 0. The molecular weight excluding hydrogens is 667 g/mol. The maximum Gasteiger partial charge on any atom is 0.0991 e. The van der Waals surface area contributed by atoms with Crippen molar-refractivity contribution in [1.29, 1.82) is 5.26 Å². The molecular formula is C52H31N3. The molecule has 55 heavy (non-hydrogen) atoms. The molecule has 0 radical (unpaired) electrons. The molecule has 8 aromatic carbocycles. The molecule has 2 aromatic heterocycles. The third-order valence-electron chi connectivity index (χ3n) is 11.4. The van der Waals surface area contributed by atoms with Crippen molar-refractivity contribution in [3.63, 3.8) is 0 Å². The number of benzene rings is 8. The number of nitriles is 1. The Labute approximate surface area is 318 Å². The van der Waals surface area contributed by atoms with Gasteiger partial charge in [-0.25, -0.2) is 4.98 Å². The number of pyridine rings is 2. The summed E-state index contributed by atoms with van der Waals surface area (Å²) in [5.74, 6) is 0.143. The lowest BCUT2D eigenvalue weighted by molar-refractivity contribution is 1.01. The van der Waals surface area contributed by atoms with Crippen LogP contribution < -0.4 is 0 Å². The summed E-state index contributed by atoms with van der Waals surface area (Å²) in [4.78, 5) is 10.3. The molecule has 0 aliphatic heterocycles. The van der Waals surface area contributed by atoms with Crippen molar-refractivity contribution in [2.45, 2.75) is 5.92 Å². The second-order valence-electron chi connectivity index (χ2n) is 14.4. The van der Waals surface area contributed by atoms with Crippen molar-refractivity contribution in [3.05, 3.63) is 204 Å². The van der Waals surface area contributed by atoms with Gasteiger partial charge in [-0.3, -0.25) is 4.98 Å². The third-order valence-corrected chi connectivity index (χ3v) is 11.4. The average molecular weight is 698 g/mol. The predicted octanol–water partition coefficient (Wildman–Crippen LogP) is 13.1. The fraction of sp³-hybridized carbons (Fsp3) is 0.0192. The molecule has 0 amide bonds. The third kappa shape index (κ3) is 4.97. The first-order valence-electron chi connectivity index (χ1n) is 18.7. The molecule has 3 nitrogen and oxygen atoms in total. The van der Waals surface area contributed by atoms with Crippen LogP contribution in [0.15, 0.2) is 182 Å². The normalized spacial score (nSPS) is 13.3. The van der Waals surface area contributed by atoms with Crippen LogP contribution in [0.3, 0.4) is 0 Å². The lowest BCUT2D eigenvalue weighted by Crippen LogP contribution is -1.98. The van der Waals surface area contributed by atoms with Crippen LogP contribution in [0.2, 0.25) is 0 Å².